The third kappa shape index (κ3) is 4.76. The Bertz CT molecular complexity index is 2660. The molecule has 256 valence electrons. The van der Waals surface area contributed by atoms with Crippen LogP contribution in [-0.4, -0.2) is 0 Å². The molecule has 0 heterocycles. The Balaban J connectivity index is 1.17. The van der Waals surface area contributed by atoms with E-state index in [9.17, 15) is 0 Å². The monoisotopic (exact) mass is 681 g/mol. The van der Waals surface area contributed by atoms with E-state index in [-0.39, 0.29) is 10.8 Å². The SMILES string of the molecule is CC1(C)c2ccccc2-c2ccc(N(c3ccc(-c4cccc5c4C(C)(C)c4ccccc4-5)cc3)c3ccc4ccccc4c3C3=CC=CCC3)cc21. The van der Waals surface area contributed by atoms with Gasteiger partial charge in [0.05, 0.1) is 5.69 Å². The van der Waals surface area contributed by atoms with Gasteiger partial charge in [0, 0.05) is 27.8 Å². The van der Waals surface area contributed by atoms with Crippen molar-refractivity contribution >= 4 is 33.4 Å². The van der Waals surface area contributed by atoms with Gasteiger partial charge in [0.25, 0.3) is 0 Å². The van der Waals surface area contributed by atoms with E-state index in [4.69, 9.17) is 0 Å². The van der Waals surface area contributed by atoms with Crippen molar-refractivity contribution in [2.75, 3.05) is 4.90 Å². The van der Waals surface area contributed by atoms with Crippen LogP contribution in [-0.2, 0) is 10.8 Å². The molecule has 0 aliphatic heterocycles. The summed E-state index contributed by atoms with van der Waals surface area (Å²) in [7, 11) is 0. The summed E-state index contributed by atoms with van der Waals surface area (Å²) in [6.45, 7) is 9.50. The van der Waals surface area contributed by atoms with Crippen molar-refractivity contribution < 1.29 is 0 Å². The molecule has 0 bridgehead atoms. The fourth-order valence-corrected chi connectivity index (χ4v) is 9.73. The number of benzene rings is 7. The number of anilines is 3. The van der Waals surface area contributed by atoms with Crippen LogP contribution in [0.3, 0.4) is 0 Å². The van der Waals surface area contributed by atoms with Crippen LogP contribution >= 0.6 is 0 Å². The molecule has 1 nitrogen and oxygen atoms in total. The summed E-state index contributed by atoms with van der Waals surface area (Å²) in [6, 6.07) is 54.7. The smallest absolute Gasteiger partial charge is 0.0543 e. The quantitative estimate of drug-likeness (QED) is 0.175. The summed E-state index contributed by atoms with van der Waals surface area (Å²) in [5.74, 6) is 0. The van der Waals surface area contributed by atoms with Crippen LogP contribution in [0.2, 0.25) is 0 Å². The molecule has 0 N–H and O–H groups in total. The molecule has 3 aliphatic carbocycles. The first-order valence-corrected chi connectivity index (χ1v) is 19.1. The summed E-state index contributed by atoms with van der Waals surface area (Å²) in [5.41, 5.74) is 19.6. The van der Waals surface area contributed by atoms with Crippen molar-refractivity contribution in [2.45, 2.75) is 51.4 Å². The Hall–Kier alpha value is -5.92. The van der Waals surface area contributed by atoms with Gasteiger partial charge in [-0.15, -0.1) is 0 Å². The van der Waals surface area contributed by atoms with Crippen LogP contribution < -0.4 is 4.90 Å². The van der Waals surface area contributed by atoms with Gasteiger partial charge in [0.15, 0.2) is 0 Å². The van der Waals surface area contributed by atoms with Crippen LogP contribution in [0, 0.1) is 0 Å². The van der Waals surface area contributed by atoms with Crippen LogP contribution in [0.15, 0.2) is 164 Å². The van der Waals surface area contributed by atoms with Gasteiger partial charge in [0.2, 0.25) is 0 Å². The zero-order valence-corrected chi connectivity index (χ0v) is 30.9. The fourth-order valence-electron chi connectivity index (χ4n) is 9.73. The highest BCUT2D eigenvalue weighted by atomic mass is 15.1. The number of hydrogen-bond donors (Lipinski definition) is 0. The molecule has 0 spiro atoms. The molecule has 3 aliphatic rings. The molecule has 0 saturated heterocycles. The lowest BCUT2D eigenvalue weighted by atomic mass is 9.79. The summed E-state index contributed by atoms with van der Waals surface area (Å²) in [4.78, 5) is 2.51. The first-order valence-electron chi connectivity index (χ1n) is 19.1. The first kappa shape index (κ1) is 31.8. The second kappa shape index (κ2) is 11.8. The maximum atomic E-state index is 2.51. The lowest BCUT2D eigenvalue weighted by molar-refractivity contribution is 0.660. The zero-order valence-electron chi connectivity index (χ0n) is 30.9. The van der Waals surface area contributed by atoms with E-state index < -0.39 is 0 Å². The standard InChI is InChI=1S/C52H43N/c1-51(2)45-23-12-10-19-41(45)43-31-30-38(33-47(43)51)53(48-32-27-34-15-8-9-18-39(34)49(48)36-16-6-5-7-17-36)37-28-25-35(26-29-37)40-21-14-22-44-42-20-11-13-24-46(42)52(3,4)50(40)44/h5-6,8-16,18-33H,7,17H2,1-4H3. The zero-order chi connectivity index (χ0) is 35.9. The van der Waals surface area contributed by atoms with E-state index in [0.29, 0.717) is 0 Å². The van der Waals surface area contributed by atoms with Gasteiger partial charge in [-0.2, -0.15) is 0 Å². The minimum atomic E-state index is -0.0988. The largest absolute Gasteiger partial charge is 0.310 e. The molecule has 10 rings (SSSR count). The van der Waals surface area contributed by atoms with Gasteiger partial charge in [0.1, 0.15) is 0 Å². The molecule has 0 saturated carbocycles. The highest BCUT2D eigenvalue weighted by Crippen LogP contribution is 2.54. The Morgan fingerprint density at radius 1 is 0.509 bits per heavy atom. The van der Waals surface area contributed by atoms with Crippen molar-refractivity contribution in [3.63, 3.8) is 0 Å². The lowest BCUT2D eigenvalue weighted by Crippen LogP contribution is -2.17. The number of hydrogen-bond acceptors (Lipinski definition) is 1. The molecule has 0 amide bonds. The molecule has 53 heavy (non-hydrogen) atoms. The third-order valence-electron chi connectivity index (χ3n) is 12.3. The lowest BCUT2D eigenvalue weighted by Gasteiger charge is -2.31. The second-order valence-corrected chi connectivity index (χ2v) is 16.0. The predicted octanol–water partition coefficient (Wildman–Crippen LogP) is 14.3. The molecular formula is C52H43N. The van der Waals surface area contributed by atoms with E-state index in [1.807, 2.05) is 0 Å². The summed E-state index contributed by atoms with van der Waals surface area (Å²) < 4.78 is 0. The number of allylic oxidation sites excluding steroid dienone is 4. The summed E-state index contributed by atoms with van der Waals surface area (Å²) >= 11 is 0. The van der Waals surface area contributed by atoms with Crippen molar-refractivity contribution in [1.29, 1.82) is 0 Å². The third-order valence-corrected chi connectivity index (χ3v) is 12.3. The molecule has 0 radical (unpaired) electrons. The molecular weight excluding hydrogens is 639 g/mol. The average Bonchev–Trinajstić information content (AvgIpc) is 3.58. The maximum absolute atomic E-state index is 2.51. The minimum Gasteiger partial charge on any atom is -0.310 e. The van der Waals surface area contributed by atoms with Crippen LogP contribution in [0.25, 0.3) is 49.7 Å². The average molecular weight is 682 g/mol. The second-order valence-electron chi connectivity index (χ2n) is 16.0. The Kier molecular flexibility index (Phi) is 7.08. The molecule has 0 aromatic heterocycles. The maximum Gasteiger partial charge on any atom is 0.0543 e. The van der Waals surface area contributed by atoms with Gasteiger partial charge < -0.3 is 4.90 Å². The number of fused-ring (bicyclic) bond motifs is 7. The summed E-state index contributed by atoms with van der Waals surface area (Å²) in [6.07, 6.45) is 8.92. The van der Waals surface area contributed by atoms with Crippen molar-refractivity contribution in [2.24, 2.45) is 0 Å². The highest BCUT2D eigenvalue weighted by Gasteiger charge is 2.38. The van der Waals surface area contributed by atoms with Crippen molar-refractivity contribution in [1.82, 2.24) is 0 Å². The molecule has 7 aromatic carbocycles. The van der Waals surface area contributed by atoms with Gasteiger partial charge in [-0.1, -0.05) is 161 Å². The summed E-state index contributed by atoms with van der Waals surface area (Å²) in [5, 5.41) is 2.56. The number of rotatable bonds is 5. The van der Waals surface area contributed by atoms with Crippen molar-refractivity contribution in [3.8, 4) is 33.4 Å². The van der Waals surface area contributed by atoms with Crippen LogP contribution in [0.5, 0.6) is 0 Å². The van der Waals surface area contributed by atoms with Gasteiger partial charge in [-0.25, -0.2) is 0 Å². The van der Waals surface area contributed by atoms with E-state index in [0.717, 1.165) is 18.5 Å². The van der Waals surface area contributed by atoms with Gasteiger partial charge in [-0.05, 0) is 115 Å². The number of nitrogens with zero attached hydrogens (tertiary/aromatic N) is 1. The van der Waals surface area contributed by atoms with Gasteiger partial charge >= 0.3 is 0 Å². The van der Waals surface area contributed by atoms with Gasteiger partial charge in [-0.3, -0.25) is 0 Å². The fraction of sp³-hybridized carbons (Fsp3) is 0.154. The molecule has 0 atom stereocenters. The van der Waals surface area contributed by atoms with Crippen LogP contribution in [0.1, 0.15) is 68.4 Å². The normalized spacial score (nSPS) is 15.7. The topological polar surface area (TPSA) is 3.24 Å². The van der Waals surface area contributed by atoms with E-state index >= 15 is 0 Å². The van der Waals surface area contributed by atoms with Crippen molar-refractivity contribution in [3.05, 3.63) is 192 Å². The van der Waals surface area contributed by atoms with E-state index in [2.05, 4.69) is 196 Å². The molecule has 0 unspecified atom stereocenters. The minimum absolute atomic E-state index is 0.0792. The first-order chi connectivity index (χ1) is 25.8. The predicted molar refractivity (Wildman–Crippen MR) is 226 cm³/mol. The van der Waals surface area contributed by atoms with E-state index in [1.54, 1.807) is 0 Å². The molecule has 1 heteroatoms. The molecule has 0 fully saturated rings. The highest BCUT2D eigenvalue weighted by molar-refractivity contribution is 6.02. The molecule has 7 aromatic rings. The Morgan fingerprint density at radius 3 is 1.92 bits per heavy atom. The Morgan fingerprint density at radius 2 is 1.15 bits per heavy atom. The Labute approximate surface area is 313 Å². The van der Waals surface area contributed by atoms with E-state index in [1.165, 1.54) is 88.9 Å². The van der Waals surface area contributed by atoms with Crippen LogP contribution in [0.4, 0.5) is 17.1 Å².